The molecule has 0 radical (unpaired) electrons. The molecule has 8 nitrogen and oxygen atoms in total. The summed E-state index contributed by atoms with van der Waals surface area (Å²) in [6.45, 7) is 6.45. The number of fused-ring (bicyclic) bond motifs is 3. The molecule has 3 aliphatic heterocycles. The van der Waals surface area contributed by atoms with Crippen LogP contribution in [0.4, 0.5) is 5.82 Å². The fourth-order valence-corrected chi connectivity index (χ4v) is 6.28. The smallest absolute Gasteiger partial charge is 0.224 e. The quantitative estimate of drug-likeness (QED) is 0.527. The van der Waals surface area contributed by atoms with Gasteiger partial charge in [-0.15, -0.1) is 0 Å². The SMILES string of the molecule is O=C(NCC1CCN(Cc2ccc(Cl)cc2)CC1)C1CCCN(c2ncnc3c2nc2n3CCCC2)C1. The number of nitrogens with one attached hydrogen (secondary N) is 1. The molecule has 0 aliphatic carbocycles. The summed E-state index contributed by atoms with van der Waals surface area (Å²) in [6, 6.07) is 8.13. The zero-order valence-corrected chi connectivity index (χ0v) is 22.2. The average molecular weight is 522 g/mol. The lowest BCUT2D eigenvalue weighted by Crippen LogP contribution is -2.45. The molecule has 196 valence electrons. The highest BCUT2D eigenvalue weighted by Crippen LogP contribution is 2.30. The Bertz CT molecular complexity index is 1240. The molecular formula is C28H36ClN7O. The molecule has 6 rings (SSSR count). The lowest BCUT2D eigenvalue weighted by atomic mass is 9.94. The first-order chi connectivity index (χ1) is 18.1. The maximum Gasteiger partial charge on any atom is 0.224 e. The summed E-state index contributed by atoms with van der Waals surface area (Å²) in [5.41, 5.74) is 3.13. The molecule has 1 amide bonds. The minimum Gasteiger partial charge on any atom is -0.356 e. The highest BCUT2D eigenvalue weighted by Gasteiger charge is 2.30. The highest BCUT2D eigenvalue weighted by molar-refractivity contribution is 6.30. The third-order valence-corrected chi connectivity index (χ3v) is 8.56. The average Bonchev–Trinajstić information content (AvgIpc) is 3.33. The van der Waals surface area contributed by atoms with E-state index in [2.05, 4.69) is 41.8 Å². The van der Waals surface area contributed by atoms with Crippen molar-refractivity contribution in [2.45, 2.75) is 58.0 Å². The van der Waals surface area contributed by atoms with E-state index in [9.17, 15) is 4.79 Å². The van der Waals surface area contributed by atoms with Crippen LogP contribution >= 0.6 is 11.6 Å². The van der Waals surface area contributed by atoms with Gasteiger partial charge in [0.15, 0.2) is 17.0 Å². The van der Waals surface area contributed by atoms with Gasteiger partial charge in [0.1, 0.15) is 12.2 Å². The topological polar surface area (TPSA) is 79.2 Å². The summed E-state index contributed by atoms with van der Waals surface area (Å²) in [5, 5.41) is 4.07. The molecule has 1 unspecified atom stereocenters. The fourth-order valence-electron chi connectivity index (χ4n) is 6.15. The first kappa shape index (κ1) is 24.6. The number of aromatic nitrogens is 4. The van der Waals surface area contributed by atoms with Gasteiger partial charge in [-0.3, -0.25) is 9.69 Å². The number of piperidine rings is 2. The van der Waals surface area contributed by atoms with Gasteiger partial charge in [-0.05, 0) is 75.2 Å². The van der Waals surface area contributed by atoms with Crippen molar-refractivity contribution >= 4 is 34.5 Å². The molecule has 9 heteroatoms. The summed E-state index contributed by atoms with van der Waals surface area (Å²) in [7, 11) is 0. The Morgan fingerprint density at radius 3 is 2.68 bits per heavy atom. The van der Waals surface area contributed by atoms with Crippen LogP contribution in [-0.4, -0.2) is 63.0 Å². The van der Waals surface area contributed by atoms with Gasteiger partial charge in [0.05, 0.1) is 5.92 Å². The molecule has 1 aromatic carbocycles. The third-order valence-electron chi connectivity index (χ3n) is 8.31. The van der Waals surface area contributed by atoms with E-state index in [-0.39, 0.29) is 11.8 Å². The molecule has 37 heavy (non-hydrogen) atoms. The van der Waals surface area contributed by atoms with E-state index >= 15 is 0 Å². The summed E-state index contributed by atoms with van der Waals surface area (Å²) in [4.78, 5) is 32.0. The molecular weight excluding hydrogens is 486 g/mol. The predicted octanol–water partition coefficient (Wildman–Crippen LogP) is 4.06. The number of benzene rings is 1. The van der Waals surface area contributed by atoms with Gasteiger partial charge in [-0.25, -0.2) is 15.0 Å². The van der Waals surface area contributed by atoms with E-state index < -0.39 is 0 Å². The Morgan fingerprint density at radius 1 is 1.00 bits per heavy atom. The van der Waals surface area contributed by atoms with Crippen LogP contribution < -0.4 is 10.2 Å². The molecule has 0 bridgehead atoms. The molecule has 2 saturated heterocycles. The van der Waals surface area contributed by atoms with E-state index in [1.807, 2.05) is 12.1 Å². The van der Waals surface area contributed by atoms with Crippen molar-refractivity contribution in [1.82, 2.24) is 29.7 Å². The normalized spacial score (nSPS) is 21.2. The number of carbonyl (C=O) groups excluding carboxylic acids is 1. The maximum atomic E-state index is 13.2. The summed E-state index contributed by atoms with van der Waals surface area (Å²) >= 11 is 6.01. The lowest BCUT2D eigenvalue weighted by Gasteiger charge is -2.34. The standard InChI is InChI=1S/C28H36ClN7O/c29-23-8-6-21(7-9-23)17-34-14-10-20(11-15-34)16-30-28(37)22-4-3-12-35(18-22)26-25-27(32-19-31-26)36-13-2-1-5-24(36)33-25/h6-9,19-20,22H,1-5,10-18H2,(H,30,37). The van der Waals surface area contributed by atoms with Crippen molar-refractivity contribution in [1.29, 1.82) is 0 Å². The van der Waals surface area contributed by atoms with Gasteiger partial charge < -0.3 is 14.8 Å². The van der Waals surface area contributed by atoms with E-state index in [1.54, 1.807) is 6.33 Å². The summed E-state index contributed by atoms with van der Waals surface area (Å²) in [5.74, 6) is 2.72. The zero-order valence-electron chi connectivity index (χ0n) is 21.4. The van der Waals surface area contributed by atoms with Crippen LogP contribution in [-0.2, 0) is 24.3 Å². The molecule has 0 saturated carbocycles. The monoisotopic (exact) mass is 521 g/mol. The Balaban J connectivity index is 1.01. The van der Waals surface area contributed by atoms with Gasteiger partial charge in [0.25, 0.3) is 0 Å². The minimum atomic E-state index is -0.0130. The van der Waals surface area contributed by atoms with Gasteiger partial charge in [-0.2, -0.15) is 0 Å². The molecule has 1 N–H and O–H groups in total. The van der Waals surface area contributed by atoms with Crippen molar-refractivity contribution in [2.75, 3.05) is 37.6 Å². The molecule has 3 aliphatic rings. The van der Waals surface area contributed by atoms with Crippen LogP contribution in [0.5, 0.6) is 0 Å². The third kappa shape index (κ3) is 5.46. The van der Waals surface area contributed by atoms with Crippen LogP contribution in [0.25, 0.3) is 11.2 Å². The predicted molar refractivity (Wildman–Crippen MR) is 146 cm³/mol. The van der Waals surface area contributed by atoms with Gasteiger partial charge in [0, 0.05) is 44.2 Å². The van der Waals surface area contributed by atoms with Crippen molar-refractivity contribution in [3.63, 3.8) is 0 Å². The number of aryl methyl sites for hydroxylation is 2. The Hall–Kier alpha value is -2.71. The number of hydrogen-bond acceptors (Lipinski definition) is 6. The molecule has 3 aromatic rings. The number of halogens is 1. The van der Waals surface area contributed by atoms with E-state index in [1.165, 1.54) is 18.4 Å². The van der Waals surface area contributed by atoms with Crippen molar-refractivity contribution < 1.29 is 4.79 Å². The van der Waals surface area contributed by atoms with Crippen LogP contribution in [0.2, 0.25) is 5.02 Å². The van der Waals surface area contributed by atoms with Crippen molar-refractivity contribution in [3.05, 3.63) is 47.0 Å². The van der Waals surface area contributed by atoms with Crippen LogP contribution in [0.15, 0.2) is 30.6 Å². The highest BCUT2D eigenvalue weighted by atomic mass is 35.5. The van der Waals surface area contributed by atoms with Crippen LogP contribution in [0, 0.1) is 11.8 Å². The molecule has 2 aromatic heterocycles. The van der Waals surface area contributed by atoms with E-state index in [0.717, 1.165) is 99.2 Å². The van der Waals surface area contributed by atoms with E-state index in [0.29, 0.717) is 12.5 Å². The second-order valence-electron chi connectivity index (χ2n) is 10.9. The fraction of sp³-hybridized carbons (Fsp3) is 0.571. The summed E-state index contributed by atoms with van der Waals surface area (Å²) in [6.07, 6.45) is 9.16. The Morgan fingerprint density at radius 2 is 1.84 bits per heavy atom. The van der Waals surface area contributed by atoms with Gasteiger partial charge >= 0.3 is 0 Å². The molecule has 2 fully saturated rings. The number of hydrogen-bond donors (Lipinski definition) is 1. The molecule has 1 atom stereocenters. The number of carbonyl (C=O) groups is 1. The first-order valence-electron chi connectivity index (χ1n) is 13.8. The molecule has 0 spiro atoms. The Labute approximate surface area is 223 Å². The van der Waals surface area contributed by atoms with Crippen molar-refractivity contribution in [2.24, 2.45) is 11.8 Å². The number of likely N-dealkylation sites (tertiary alicyclic amines) is 1. The summed E-state index contributed by atoms with van der Waals surface area (Å²) < 4.78 is 2.25. The molecule has 5 heterocycles. The largest absolute Gasteiger partial charge is 0.356 e. The maximum absolute atomic E-state index is 13.2. The number of rotatable bonds is 6. The zero-order chi connectivity index (χ0) is 25.2. The lowest BCUT2D eigenvalue weighted by molar-refractivity contribution is -0.125. The van der Waals surface area contributed by atoms with Gasteiger partial charge in [0.2, 0.25) is 5.91 Å². The number of nitrogens with zero attached hydrogens (tertiary/aromatic N) is 6. The van der Waals surface area contributed by atoms with Crippen molar-refractivity contribution in [3.8, 4) is 0 Å². The van der Waals surface area contributed by atoms with Crippen LogP contribution in [0.1, 0.15) is 49.9 Å². The number of amides is 1. The number of anilines is 1. The Kier molecular flexibility index (Phi) is 7.29. The van der Waals surface area contributed by atoms with E-state index in [4.69, 9.17) is 16.6 Å². The second-order valence-corrected chi connectivity index (χ2v) is 11.3. The minimum absolute atomic E-state index is 0.0130. The van der Waals surface area contributed by atoms with Gasteiger partial charge in [-0.1, -0.05) is 23.7 Å². The number of imidazole rings is 1. The first-order valence-corrected chi connectivity index (χ1v) is 14.2. The van der Waals surface area contributed by atoms with Crippen LogP contribution in [0.3, 0.4) is 0 Å². The second kappa shape index (κ2) is 11.0.